The van der Waals surface area contributed by atoms with Crippen molar-refractivity contribution in [2.75, 3.05) is 13.2 Å². The Kier molecular flexibility index (Phi) is 6.76. The van der Waals surface area contributed by atoms with E-state index >= 15 is 0 Å². The first-order chi connectivity index (χ1) is 16.0. The van der Waals surface area contributed by atoms with Crippen molar-refractivity contribution in [1.29, 1.82) is 0 Å². The van der Waals surface area contributed by atoms with Crippen LogP contribution < -0.4 is 0 Å². The molecule has 0 spiro atoms. The normalized spacial score (nSPS) is 10.8. The highest BCUT2D eigenvalue weighted by molar-refractivity contribution is 6.33. The molecule has 0 fully saturated rings. The molecule has 0 N–H and O–H groups in total. The molecule has 166 valence electrons. The minimum absolute atomic E-state index is 0.228. The van der Waals surface area contributed by atoms with E-state index in [1.807, 2.05) is 60.7 Å². The molecular weight excluding hydrogens is 436 g/mol. The van der Waals surface area contributed by atoms with Gasteiger partial charge in [-0.15, -0.1) is 0 Å². The molecule has 4 nitrogen and oxygen atoms in total. The number of ether oxygens (including phenoxy) is 2. The van der Waals surface area contributed by atoms with E-state index in [0.29, 0.717) is 32.8 Å². The predicted octanol–water partition coefficient (Wildman–Crippen LogP) is 7.18. The number of rotatable bonds is 6. The van der Waals surface area contributed by atoms with Crippen molar-refractivity contribution < 1.29 is 19.1 Å². The van der Waals surface area contributed by atoms with Crippen LogP contribution in [0.4, 0.5) is 0 Å². The van der Waals surface area contributed by atoms with Crippen LogP contribution in [0.5, 0.6) is 0 Å². The maximum atomic E-state index is 13.0. The van der Waals surface area contributed by atoms with E-state index in [0.717, 1.165) is 16.3 Å². The first-order valence-corrected chi connectivity index (χ1v) is 11.2. The smallest absolute Gasteiger partial charge is 0.338 e. The highest BCUT2D eigenvalue weighted by Crippen LogP contribution is 2.37. The summed E-state index contributed by atoms with van der Waals surface area (Å²) < 4.78 is 10.7. The molecule has 33 heavy (non-hydrogen) atoms. The fraction of sp³-hybridized carbons (Fsp3) is 0.143. The summed E-state index contributed by atoms with van der Waals surface area (Å²) in [6, 6.07) is 24.5. The van der Waals surface area contributed by atoms with Gasteiger partial charge in [-0.3, -0.25) is 0 Å². The van der Waals surface area contributed by atoms with Gasteiger partial charge in [-0.25, -0.2) is 9.59 Å². The second-order valence-corrected chi connectivity index (χ2v) is 7.83. The van der Waals surface area contributed by atoms with E-state index < -0.39 is 11.9 Å². The third-order valence-electron chi connectivity index (χ3n) is 5.37. The van der Waals surface area contributed by atoms with Crippen molar-refractivity contribution >= 4 is 34.3 Å². The Morgan fingerprint density at radius 2 is 1.24 bits per heavy atom. The Morgan fingerprint density at radius 1 is 0.667 bits per heavy atom. The second kappa shape index (κ2) is 9.88. The van der Waals surface area contributed by atoms with Gasteiger partial charge in [0.05, 0.1) is 24.3 Å². The quantitative estimate of drug-likeness (QED) is 0.287. The van der Waals surface area contributed by atoms with Crippen molar-refractivity contribution in [3.8, 4) is 22.3 Å². The van der Waals surface area contributed by atoms with E-state index in [1.54, 1.807) is 32.0 Å². The second-order valence-electron chi connectivity index (χ2n) is 7.43. The summed E-state index contributed by atoms with van der Waals surface area (Å²) in [5.74, 6) is -0.950. The molecule has 0 aromatic heterocycles. The minimum atomic E-state index is -0.482. The molecule has 0 saturated heterocycles. The van der Waals surface area contributed by atoms with Crippen LogP contribution in [0.15, 0.2) is 78.9 Å². The van der Waals surface area contributed by atoms with Gasteiger partial charge in [-0.1, -0.05) is 66.2 Å². The first kappa shape index (κ1) is 22.6. The molecule has 0 bridgehead atoms. The molecule has 0 heterocycles. The summed E-state index contributed by atoms with van der Waals surface area (Å²) in [7, 11) is 0. The summed E-state index contributed by atoms with van der Waals surface area (Å²) in [6.45, 7) is 3.97. The minimum Gasteiger partial charge on any atom is -0.462 e. The van der Waals surface area contributed by atoms with Crippen molar-refractivity contribution in [3.05, 3.63) is 95.0 Å². The zero-order valence-corrected chi connectivity index (χ0v) is 19.2. The SMILES string of the molecule is CCOC(=O)c1cc(-c2ccccc2Cl)c(C(=O)OCC)cc1-c1ccc2ccccc2c1. The monoisotopic (exact) mass is 458 g/mol. The molecule has 4 aromatic carbocycles. The van der Waals surface area contributed by atoms with Gasteiger partial charge >= 0.3 is 11.9 Å². The van der Waals surface area contributed by atoms with E-state index in [1.165, 1.54) is 0 Å². The Bertz CT molecular complexity index is 1340. The van der Waals surface area contributed by atoms with Crippen LogP contribution in [0, 0.1) is 0 Å². The van der Waals surface area contributed by atoms with Crippen LogP contribution >= 0.6 is 11.6 Å². The van der Waals surface area contributed by atoms with Crippen LogP contribution in [0.2, 0.25) is 5.02 Å². The molecule has 0 atom stereocenters. The number of carbonyl (C=O) groups is 2. The lowest BCUT2D eigenvalue weighted by Crippen LogP contribution is -2.12. The van der Waals surface area contributed by atoms with Gasteiger partial charge in [0.1, 0.15) is 0 Å². The van der Waals surface area contributed by atoms with E-state index in [4.69, 9.17) is 21.1 Å². The highest BCUT2D eigenvalue weighted by atomic mass is 35.5. The molecule has 0 unspecified atom stereocenters. The molecule has 0 aliphatic rings. The molecule has 0 amide bonds. The van der Waals surface area contributed by atoms with Crippen LogP contribution in [-0.2, 0) is 9.47 Å². The summed E-state index contributed by atoms with van der Waals surface area (Å²) in [6.07, 6.45) is 0. The van der Waals surface area contributed by atoms with Crippen LogP contribution in [0.1, 0.15) is 34.6 Å². The van der Waals surface area contributed by atoms with E-state index in [9.17, 15) is 9.59 Å². The standard InChI is InChI=1S/C28H23ClO4/c1-3-32-27(30)24-17-23(21-11-7-8-12-26(21)29)25(28(31)33-4-2)16-22(24)20-14-13-18-9-5-6-10-19(18)15-20/h5-17H,3-4H2,1-2H3. The molecular formula is C28H23ClO4. The average Bonchev–Trinajstić information content (AvgIpc) is 2.83. The van der Waals surface area contributed by atoms with Gasteiger partial charge in [0.25, 0.3) is 0 Å². The van der Waals surface area contributed by atoms with Crippen LogP contribution in [0.3, 0.4) is 0 Å². The van der Waals surface area contributed by atoms with Crippen molar-refractivity contribution in [2.24, 2.45) is 0 Å². The topological polar surface area (TPSA) is 52.6 Å². The summed E-state index contributed by atoms with van der Waals surface area (Å²) in [5, 5.41) is 2.58. The predicted molar refractivity (Wildman–Crippen MR) is 132 cm³/mol. The van der Waals surface area contributed by atoms with Crippen molar-refractivity contribution in [1.82, 2.24) is 0 Å². The highest BCUT2D eigenvalue weighted by Gasteiger charge is 2.23. The average molecular weight is 459 g/mol. The van der Waals surface area contributed by atoms with Crippen molar-refractivity contribution in [2.45, 2.75) is 13.8 Å². The van der Waals surface area contributed by atoms with E-state index in [-0.39, 0.29) is 13.2 Å². The summed E-state index contributed by atoms with van der Waals surface area (Å²) >= 11 is 6.46. The fourth-order valence-corrected chi connectivity index (χ4v) is 4.09. The Morgan fingerprint density at radius 3 is 1.91 bits per heavy atom. The fourth-order valence-electron chi connectivity index (χ4n) is 3.85. The van der Waals surface area contributed by atoms with Gasteiger partial charge in [-0.2, -0.15) is 0 Å². The lowest BCUT2D eigenvalue weighted by molar-refractivity contribution is 0.0513. The van der Waals surface area contributed by atoms with Gasteiger partial charge in [0, 0.05) is 10.6 Å². The zero-order chi connectivity index (χ0) is 23.4. The number of halogens is 1. The number of carbonyl (C=O) groups excluding carboxylic acids is 2. The van der Waals surface area contributed by atoms with Gasteiger partial charge in [-0.05, 0) is 65.6 Å². The lowest BCUT2D eigenvalue weighted by atomic mass is 9.90. The summed E-state index contributed by atoms with van der Waals surface area (Å²) in [4.78, 5) is 26.0. The number of hydrogen-bond acceptors (Lipinski definition) is 4. The van der Waals surface area contributed by atoms with Crippen LogP contribution in [-0.4, -0.2) is 25.2 Å². The third-order valence-corrected chi connectivity index (χ3v) is 5.70. The Balaban J connectivity index is 2.01. The van der Waals surface area contributed by atoms with Gasteiger partial charge in [0.15, 0.2) is 0 Å². The summed E-state index contributed by atoms with van der Waals surface area (Å²) in [5.41, 5.74) is 3.24. The maximum Gasteiger partial charge on any atom is 0.338 e. The van der Waals surface area contributed by atoms with E-state index in [2.05, 4.69) is 0 Å². The molecule has 5 heteroatoms. The molecule has 4 aromatic rings. The maximum absolute atomic E-state index is 13.0. The number of benzene rings is 4. The largest absolute Gasteiger partial charge is 0.462 e. The zero-order valence-electron chi connectivity index (χ0n) is 18.4. The molecule has 0 radical (unpaired) electrons. The van der Waals surface area contributed by atoms with Gasteiger partial charge < -0.3 is 9.47 Å². The van der Waals surface area contributed by atoms with Crippen LogP contribution in [0.25, 0.3) is 33.0 Å². The third kappa shape index (κ3) is 4.62. The van der Waals surface area contributed by atoms with Crippen molar-refractivity contribution in [3.63, 3.8) is 0 Å². The molecule has 0 aliphatic carbocycles. The number of esters is 2. The Labute approximate surface area is 197 Å². The number of fused-ring (bicyclic) bond motifs is 1. The Hall–Kier alpha value is -3.63. The molecule has 4 rings (SSSR count). The molecule has 0 saturated carbocycles. The first-order valence-electron chi connectivity index (χ1n) is 10.8. The number of hydrogen-bond donors (Lipinski definition) is 0. The van der Waals surface area contributed by atoms with Gasteiger partial charge in [0.2, 0.25) is 0 Å². The lowest BCUT2D eigenvalue weighted by Gasteiger charge is -2.17. The molecule has 0 aliphatic heterocycles.